The minimum Gasteiger partial charge on any atom is -0.305 e. The zero-order valence-electron chi connectivity index (χ0n) is 12.2. The maximum Gasteiger partial charge on any atom is 0.325 e. The van der Waals surface area contributed by atoms with E-state index in [9.17, 15) is 4.79 Å². The van der Waals surface area contributed by atoms with Crippen molar-refractivity contribution < 1.29 is 4.79 Å². The maximum absolute atomic E-state index is 11.9. The minimum atomic E-state index is -0.356. The van der Waals surface area contributed by atoms with Gasteiger partial charge in [0.2, 0.25) is 0 Å². The Morgan fingerprint density at radius 1 is 1.43 bits per heavy atom. The van der Waals surface area contributed by atoms with Gasteiger partial charge in [-0.05, 0) is 5.41 Å². The molecule has 0 radical (unpaired) electrons. The first-order valence-corrected chi connectivity index (χ1v) is 7.20. The van der Waals surface area contributed by atoms with Crippen LogP contribution in [-0.4, -0.2) is 20.8 Å². The lowest BCUT2D eigenvalue weighted by molar-refractivity contribution is 0.262. The standard InChI is InChI=1S/C14H17N5OS/c1-5-6-19-9-10(7-16-19)17-12(20)18-13-15-8-11(21-13)14(2,3)4/h1,7-9H,6H2,2-4H3,(H2,15,17,18,20). The van der Waals surface area contributed by atoms with E-state index in [0.29, 0.717) is 17.4 Å². The second kappa shape index (κ2) is 5.97. The van der Waals surface area contributed by atoms with Gasteiger partial charge < -0.3 is 5.32 Å². The van der Waals surface area contributed by atoms with Gasteiger partial charge in [0, 0.05) is 17.3 Å². The van der Waals surface area contributed by atoms with Crippen LogP contribution in [0.4, 0.5) is 15.6 Å². The number of hydrogen-bond donors (Lipinski definition) is 2. The van der Waals surface area contributed by atoms with E-state index in [1.54, 1.807) is 23.3 Å². The molecule has 6 nitrogen and oxygen atoms in total. The fraction of sp³-hybridized carbons (Fsp3) is 0.357. The Morgan fingerprint density at radius 2 is 2.19 bits per heavy atom. The summed E-state index contributed by atoms with van der Waals surface area (Å²) in [7, 11) is 0. The van der Waals surface area contributed by atoms with Crippen molar-refractivity contribution in [1.29, 1.82) is 0 Å². The van der Waals surface area contributed by atoms with E-state index < -0.39 is 0 Å². The van der Waals surface area contributed by atoms with Gasteiger partial charge in [-0.25, -0.2) is 9.78 Å². The fourth-order valence-corrected chi connectivity index (χ4v) is 2.42. The van der Waals surface area contributed by atoms with E-state index in [1.165, 1.54) is 11.3 Å². The van der Waals surface area contributed by atoms with Crippen LogP contribution < -0.4 is 10.6 Å². The summed E-state index contributed by atoms with van der Waals surface area (Å²) in [5.41, 5.74) is 0.597. The van der Waals surface area contributed by atoms with Crippen LogP contribution in [0.2, 0.25) is 0 Å². The molecule has 0 unspecified atom stereocenters. The van der Waals surface area contributed by atoms with Crippen molar-refractivity contribution in [3.05, 3.63) is 23.5 Å². The first kappa shape index (κ1) is 15.1. The van der Waals surface area contributed by atoms with Crippen molar-refractivity contribution in [3.63, 3.8) is 0 Å². The highest BCUT2D eigenvalue weighted by atomic mass is 32.1. The summed E-state index contributed by atoms with van der Waals surface area (Å²) in [6.07, 6.45) is 10.2. The van der Waals surface area contributed by atoms with Crippen LogP contribution in [0.1, 0.15) is 25.6 Å². The molecule has 2 rings (SSSR count). The van der Waals surface area contributed by atoms with Crippen molar-refractivity contribution >= 4 is 28.2 Å². The molecule has 2 N–H and O–H groups in total. The lowest BCUT2D eigenvalue weighted by Crippen LogP contribution is -2.18. The van der Waals surface area contributed by atoms with E-state index in [1.807, 2.05) is 0 Å². The Morgan fingerprint density at radius 3 is 2.81 bits per heavy atom. The lowest BCUT2D eigenvalue weighted by atomic mass is 9.96. The van der Waals surface area contributed by atoms with Gasteiger partial charge >= 0.3 is 6.03 Å². The predicted octanol–water partition coefficient (Wildman–Crippen LogP) is 2.91. The predicted molar refractivity (Wildman–Crippen MR) is 84.5 cm³/mol. The molecule has 21 heavy (non-hydrogen) atoms. The molecule has 0 aliphatic rings. The van der Waals surface area contributed by atoms with Crippen LogP contribution in [0.25, 0.3) is 0 Å². The molecule has 2 amide bonds. The Kier molecular flexibility index (Phi) is 4.29. The van der Waals surface area contributed by atoms with Gasteiger partial charge in [0.15, 0.2) is 5.13 Å². The number of urea groups is 1. The number of aromatic nitrogens is 3. The average Bonchev–Trinajstić information content (AvgIpc) is 2.98. The van der Waals surface area contributed by atoms with E-state index in [0.717, 1.165) is 4.88 Å². The molecule has 0 aliphatic carbocycles. The highest BCUT2D eigenvalue weighted by Crippen LogP contribution is 2.30. The number of carbonyl (C=O) groups excluding carboxylic acids is 1. The molecule has 0 saturated carbocycles. The fourth-order valence-electron chi connectivity index (χ4n) is 1.55. The first-order chi connectivity index (χ1) is 9.88. The lowest BCUT2D eigenvalue weighted by Gasteiger charge is -2.14. The topological polar surface area (TPSA) is 71.8 Å². The number of terminal acetylenes is 1. The van der Waals surface area contributed by atoms with Crippen LogP contribution in [0.15, 0.2) is 18.6 Å². The molecule has 0 bridgehead atoms. The molecule has 0 aromatic carbocycles. The summed E-state index contributed by atoms with van der Waals surface area (Å²) in [6.45, 7) is 6.67. The molecule has 0 atom stereocenters. The van der Waals surface area contributed by atoms with Crippen LogP contribution >= 0.6 is 11.3 Å². The summed E-state index contributed by atoms with van der Waals surface area (Å²) < 4.78 is 1.57. The smallest absolute Gasteiger partial charge is 0.305 e. The summed E-state index contributed by atoms with van der Waals surface area (Å²) in [5, 5.41) is 9.97. The zero-order chi connectivity index (χ0) is 15.5. The Balaban J connectivity index is 1.95. The first-order valence-electron chi connectivity index (χ1n) is 6.39. The normalized spacial score (nSPS) is 11.0. The van der Waals surface area contributed by atoms with Gasteiger partial charge in [0.25, 0.3) is 0 Å². The number of amides is 2. The van der Waals surface area contributed by atoms with Crippen LogP contribution in [-0.2, 0) is 12.0 Å². The van der Waals surface area contributed by atoms with Gasteiger partial charge in [-0.3, -0.25) is 10.00 Å². The van der Waals surface area contributed by atoms with Crippen molar-refractivity contribution in [1.82, 2.24) is 14.8 Å². The Hall–Kier alpha value is -2.33. The van der Waals surface area contributed by atoms with Crippen molar-refractivity contribution in [2.75, 3.05) is 10.6 Å². The molecular formula is C14H17N5OS. The number of hydrogen-bond acceptors (Lipinski definition) is 4. The number of carbonyl (C=O) groups is 1. The van der Waals surface area contributed by atoms with Crippen LogP contribution in [0.5, 0.6) is 0 Å². The van der Waals surface area contributed by atoms with Gasteiger partial charge in [-0.1, -0.05) is 26.7 Å². The monoisotopic (exact) mass is 303 g/mol. The zero-order valence-corrected chi connectivity index (χ0v) is 13.0. The molecule has 2 aromatic heterocycles. The van der Waals surface area contributed by atoms with Gasteiger partial charge in [-0.15, -0.1) is 17.8 Å². The number of nitrogens with one attached hydrogen (secondary N) is 2. The highest BCUT2D eigenvalue weighted by Gasteiger charge is 2.17. The molecular weight excluding hydrogens is 286 g/mol. The van der Waals surface area contributed by atoms with E-state index in [4.69, 9.17) is 6.42 Å². The van der Waals surface area contributed by atoms with Crippen molar-refractivity contribution in [2.24, 2.45) is 0 Å². The molecule has 2 heterocycles. The average molecular weight is 303 g/mol. The van der Waals surface area contributed by atoms with Gasteiger partial charge in [0.1, 0.15) is 6.54 Å². The quantitative estimate of drug-likeness (QED) is 0.856. The number of rotatable bonds is 3. The Labute approximate surface area is 127 Å². The molecule has 0 fully saturated rings. The molecule has 0 saturated heterocycles. The van der Waals surface area contributed by atoms with Crippen molar-refractivity contribution in [3.8, 4) is 12.3 Å². The summed E-state index contributed by atoms with van der Waals surface area (Å²) >= 11 is 1.46. The van der Waals surface area contributed by atoms with E-state index >= 15 is 0 Å². The van der Waals surface area contributed by atoms with Crippen LogP contribution in [0.3, 0.4) is 0 Å². The van der Waals surface area contributed by atoms with E-state index in [-0.39, 0.29) is 11.4 Å². The van der Waals surface area contributed by atoms with Gasteiger partial charge in [-0.2, -0.15) is 5.10 Å². The second-order valence-electron chi connectivity index (χ2n) is 5.49. The molecule has 0 spiro atoms. The highest BCUT2D eigenvalue weighted by molar-refractivity contribution is 7.15. The third-order valence-corrected chi connectivity index (χ3v) is 3.95. The SMILES string of the molecule is C#CCn1cc(NC(=O)Nc2ncc(C(C)(C)C)s2)cn1. The number of anilines is 2. The third-order valence-electron chi connectivity index (χ3n) is 2.61. The minimum absolute atomic E-state index is 0.0183. The molecule has 7 heteroatoms. The van der Waals surface area contributed by atoms with E-state index in [2.05, 4.69) is 47.4 Å². The molecule has 110 valence electrons. The molecule has 0 aliphatic heterocycles. The van der Waals surface area contributed by atoms with Crippen LogP contribution in [0, 0.1) is 12.3 Å². The number of nitrogens with zero attached hydrogens (tertiary/aromatic N) is 3. The molecule has 2 aromatic rings. The van der Waals surface area contributed by atoms with Gasteiger partial charge in [0.05, 0.1) is 11.9 Å². The van der Waals surface area contributed by atoms with Crippen molar-refractivity contribution in [2.45, 2.75) is 32.7 Å². The summed E-state index contributed by atoms with van der Waals surface area (Å²) in [4.78, 5) is 17.2. The Bertz CT molecular complexity index is 674. The number of thiazole rings is 1. The maximum atomic E-state index is 11.9. The summed E-state index contributed by atoms with van der Waals surface area (Å²) in [5.74, 6) is 2.47. The summed E-state index contributed by atoms with van der Waals surface area (Å²) in [6, 6.07) is -0.356. The third kappa shape index (κ3) is 4.07. The largest absolute Gasteiger partial charge is 0.325 e. The second-order valence-corrected chi connectivity index (χ2v) is 6.52.